The van der Waals surface area contributed by atoms with Crippen molar-refractivity contribution in [2.24, 2.45) is 5.10 Å². The molecule has 3 N–H and O–H groups in total. The predicted molar refractivity (Wildman–Crippen MR) is 109 cm³/mol. The molecular formula is C22H18N4O2. The number of phenolic OH excluding ortho intramolecular Hbond substituents is 1. The summed E-state index contributed by atoms with van der Waals surface area (Å²) in [6, 6.07) is 22.5. The molecule has 0 aliphatic carbocycles. The largest absolute Gasteiger partial charge is 0.507 e. The van der Waals surface area contributed by atoms with Crippen molar-refractivity contribution in [3.8, 4) is 17.0 Å². The molecule has 1 amide bonds. The molecule has 4 aromatic rings. The highest BCUT2D eigenvalue weighted by Gasteiger charge is 2.13. The number of hydrogen-bond donors (Lipinski definition) is 3. The molecule has 0 saturated heterocycles. The van der Waals surface area contributed by atoms with Gasteiger partial charge in [0.1, 0.15) is 11.4 Å². The van der Waals surface area contributed by atoms with Gasteiger partial charge in [-0.3, -0.25) is 9.89 Å². The first-order chi connectivity index (χ1) is 13.6. The first-order valence-electron chi connectivity index (χ1n) is 8.80. The molecule has 0 aliphatic rings. The van der Waals surface area contributed by atoms with E-state index in [-0.39, 0.29) is 5.75 Å². The van der Waals surface area contributed by atoms with E-state index in [0.29, 0.717) is 22.7 Å². The van der Waals surface area contributed by atoms with Crippen LogP contribution >= 0.6 is 0 Å². The van der Waals surface area contributed by atoms with Gasteiger partial charge >= 0.3 is 0 Å². The van der Waals surface area contributed by atoms with Gasteiger partial charge in [-0.15, -0.1) is 0 Å². The second-order valence-electron chi connectivity index (χ2n) is 6.35. The fraction of sp³-hybridized carbons (Fsp3) is 0.0455. The Balaban J connectivity index is 1.57. The average Bonchev–Trinajstić information content (AvgIpc) is 3.22. The van der Waals surface area contributed by atoms with E-state index in [1.54, 1.807) is 37.3 Å². The number of carbonyl (C=O) groups excluding carboxylic acids is 1. The van der Waals surface area contributed by atoms with Gasteiger partial charge in [0.25, 0.3) is 5.91 Å². The van der Waals surface area contributed by atoms with Crippen molar-refractivity contribution < 1.29 is 9.90 Å². The molecular weight excluding hydrogens is 352 g/mol. The molecule has 1 heterocycles. The molecule has 0 fully saturated rings. The molecule has 1 aromatic heterocycles. The van der Waals surface area contributed by atoms with Crippen molar-refractivity contribution in [2.75, 3.05) is 0 Å². The smallest absolute Gasteiger partial charge is 0.289 e. The van der Waals surface area contributed by atoms with Gasteiger partial charge in [-0.05, 0) is 35.9 Å². The third kappa shape index (κ3) is 3.35. The standard InChI is InChI=1S/C22H18N4O2/c1-14(16-9-4-5-12-21(16)27)23-26-22(28)20-13-19(24-25-20)18-11-6-8-15-7-2-3-10-17(15)18/h2-13,27H,1H3,(H,24,25)(H,26,28)/b23-14-. The summed E-state index contributed by atoms with van der Waals surface area (Å²) in [6.07, 6.45) is 0. The van der Waals surface area contributed by atoms with Gasteiger partial charge in [0, 0.05) is 11.1 Å². The summed E-state index contributed by atoms with van der Waals surface area (Å²) >= 11 is 0. The van der Waals surface area contributed by atoms with Crippen LogP contribution in [0.5, 0.6) is 5.75 Å². The van der Waals surface area contributed by atoms with Gasteiger partial charge in [0.15, 0.2) is 0 Å². The number of aromatic nitrogens is 2. The number of para-hydroxylation sites is 1. The predicted octanol–water partition coefficient (Wildman–Crippen LogP) is 4.09. The molecule has 0 atom stereocenters. The minimum Gasteiger partial charge on any atom is -0.507 e. The molecule has 0 radical (unpaired) electrons. The lowest BCUT2D eigenvalue weighted by Crippen LogP contribution is -2.19. The fourth-order valence-electron chi connectivity index (χ4n) is 3.06. The Morgan fingerprint density at radius 3 is 2.64 bits per heavy atom. The first kappa shape index (κ1) is 17.5. The number of H-pyrrole nitrogens is 1. The summed E-state index contributed by atoms with van der Waals surface area (Å²) in [5.74, 6) is -0.300. The molecule has 0 aliphatic heterocycles. The summed E-state index contributed by atoms with van der Waals surface area (Å²) < 4.78 is 0. The Morgan fingerprint density at radius 1 is 1.04 bits per heavy atom. The second kappa shape index (κ2) is 7.36. The molecule has 0 unspecified atom stereocenters. The molecule has 138 valence electrons. The zero-order valence-corrected chi connectivity index (χ0v) is 15.2. The van der Waals surface area contributed by atoms with Gasteiger partial charge in [0.2, 0.25) is 0 Å². The van der Waals surface area contributed by atoms with Crippen molar-refractivity contribution in [2.45, 2.75) is 6.92 Å². The molecule has 0 spiro atoms. The number of aromatic amines is 1. The van der Waals surface area contributed by atoms with Crippen molar-refractivity contribution in [1.29, 1.82) is 0 Å². The summed E-state index contributed by atoms with van der Waals surface area (Å²) in [7, 11) is 0. The highest BCUT2D eigenvalue weighted by atomic mass is 16.3. The summed E-state index contributed by atoms with van der Waals surface area (Å²) in [5, 5.41) is 23.2. The van der Waals surface area contributed by atoms with Crippen molar-refractivity contribution >= 4 is 22.4 Å². The zero-order valence-electron chi connectivity index (χ0n) is 15.2. The van der Waals surface area contributed by atoms with Crippen LogP contribution in [0.4, 0.5) is 0 Å². The van der Waals surface area contributed by atoms with E-state index in [1.165, 1.54) is 0 Å². The molecule has 28 heavy (non-hydrogen) atoms. The number of hydrazone groups is 1. The molecule has 0 saturated carbocycles. The lowest BCUT2D eigenvalue weighted by atomic mass is 10.0. The van der Waals surface area contributed by atoms with E-state index in [0.717, 1.165) is 16.3 Å². The van der Waals surface area contributed by atoms with E-state index in [9.17, 15) is 9.90 Å². The normalized spacial score (nSPS) is 11.5. The van der Waals surface area contributed by atoms with Gasteiger partial charge < -0.3 is 5.11 Å². The van der Waals surface area contributed by atoms with E-state index >= 15 is 0 Å². The molecule has 3 aromatic carbocycles. The maximum absolute atomic E-state index is 12.4. The molecule has 4 rings (SSSR count). The number of nitrogens with one attached hydrogen (secondary N) is 2. The maximum atomic E-state index is 12.4. The van der Waals surface area contributed by atoms with Crippen LogP contribution in [-0.2, 0) is 0 Å². The third-order valence-corrected chi connectivity index (χ3v) is 4.51. The Bertz CT molecular complexity index is 1190. The minimum atomic E-state index is -0.409. The van der Waals surface area contributed by atoms with E-state index < -0.39 is 5.91 Å². The van der Waals surface area contributed by atoms with E-state index in [4.69, 9.17) is 0 Å². The zero-order chi connectivity index (χ0) is 19.5. The van der Waals surface area contributed by atoms with Crippen molar-refractivity contribution in [3.05, 3.63) is 84.1 Å². The van der Waals surface area contributed by atoms with Gasteiger partial charge in [-0.2, -0.15) is 10.2 Å². The maximum Gasteiger partial charge on any atom is 0.289 e. The number of hydrogen-bond acceptors (Lipinski definition) is 4. The van der Waals surface area contributed by atoms with Gasteiger partial charge in [-0.1, -0.05) is 54.6 Å². The van der Waals surface area contributed by atoms with Gasteiger partial charge in [0.05, 0.1) is 11.4 Å². The number of aromatic hydroxyl groups is 1. The summed E-state index contributed by atoms with van der Waals surface area (Å²) in [6.45, 7) is 1.71. The van der Waals surface area contributed by atoms with Crippen LogP contribution < -0.4 is 5.43 Å². The Labute approximate surface area is 161 Å². The number of amides is 1. The molecule has 6 nitrogen and oxygen atoms in total. The summed E-state index contributed by atoms with van der Waals surface area (Å²) in [4.78, 5) is 12.4. The Hall–Kier alpha value is -3.93. The van der Waals surface area contributed by atoms with Crippen LogP contribution in [0.2, 0.25) is 0 Å². The number of fused-ring (bicyclic) bond motifs is 1. The summed E-state index contributed by atoms with van der Waals surface area (Å²) in [5.41, 5.74) is 5.49. The van der Waals surface area contributed by atoms with Gasteiger partial charge in [-0.25, -0.2) is 5.43 Å². The number of benzene rings is 3. The van der Waals surface area contributed by atoms with Crippen LogP contribution in [0.3, 0.4) is 0 Å². The monoisotopic (exact) mass is 370 g/mol. The first-order valence-corrected chi connectivity index (χ1v) is 8.80. The average molecular weight is 370 g/mol. The highest BCUT2D eigenvalue weighted by Crippen LogP contribution is 2.27. The Morgan fingerprint density at radius 2 is 1.79 bits per heavy atom. The Kier molecular flexibility index (Phi) is 4.60. The minimum absolute atomic E-state index is 0.109. The van der Waals surface area contributed by atoms with E-state index in [1.807, 2.05) is 42.5 Å². The SMILES string of the molecule is C/C(=N/NC(=O)c1cc(-c2cccc3ccccc23)n[nH]1)c1ccccc1O. The number of nitrogens with zero attached hydrogens (tertiary/aromatic N) is 2. The third-order valence-electron chi connectivity index (χ3n) is 4.51. The highest BCUT2D eigenvalue weighted by molar-refractivity contribution is 6.02. The second-order valence-corrected chi connectivity index (χ2v) is 6.35. The number of phenols is 1. The van der Waals surface area contributed by atoms with E-state index in [2.05, 4.69) is 20.7 Å². The van der Waals surface area contributed by atoms with Crippen LogP contribution in [-0.4, -0.2) is 26.9 Å². The topological polar surface area (TPSA) is 90.4 Å². The van der Waals surface area contributed by atoms with Crippen LogP contribution in [0.1, 0.15) is 23.0 Å². The van der Waals surface area contributed by atoms with Crippen LogP contribution in [0, 0.1) is 0 Å². The fourth-order valence-corrected chi connectivity index (χ4v) is 3.06. The van der Waals surface area contributed by atoms with Crippen molar-refractivity contribution in [1.82, 2.24) is 15.6 Å². The van der Waals surface area contributed by atoms with Crippen LogP contribution in [0.15, 0.2) is 77.9 Å². The number of carbonyl (C=O) groups is 1. The van der Waals surface area contributed by atoms with Crippen molar-refractivity contribution in [3.63, 3.8) is 0 Å². The molecule has 6 heteroatoms. The quantitative estimate of drug-likeness (QED) is 0.373. The molecule has 0 bridgehead atoms. The lowest BCUT2D eigenvalue weighted by molar-refractivity contribution is 0.0950. The lowest BCUT2D eigenvalue weighted by Gasteiger charge is -2.04. The number of rotatable bonds is 4. The van der Waals surface area contributed by atoms with Crippen LogP contribution in [0.25, 0.3) is 22.0 Å².